The molecule has 20 heavy (non-hydrogen) atoms. The first-order valence-corrected chi connectivity index (χ1v) is 6.93. The Labute approximate surface area is 122 Å². The van der Waals surface area contributed by atoms with Gasteiger partial charge in [-0.05, 0) is 37.1 Å². The normalized spacial score (nSPS) is 18.5. The zero-order valence-electron chi connectivity index (χ0n) is 11.1. The van der Waals surface area contributed by atoms with E-state index in [4.69, 9.17) is 11.6 Å². The molecule has 1 N–H and O–H groups in total. The van der Waals surface area contributed by atoms with Gasteiger partial charge in [-0.1, -0.05) is 11.6 Å². The van der Waals surface area contributed by atoms with Gasteiger partial charge in [0.1, 0.15) is 12.2 Å². The van der Waals surface area contributed by atoms with Gasteiger partial charge in [0.05, 0.1) is 0 Å². The van der Waals surface area contributed by atoms with Gasteiger partial charge in [0.2, 0.25) is 0 Å². The van der Waals surface area contributed by atoms with Gasteiger partial charge in [-0.2, -0.15) is 5.10 Å². The largest absolute Gasteiger partial charge is 0.338 e. The smallest absolute Gasteiger partial charge is 0.253 e. The van der Waals surface area contributed by atoms with Crippen LogP contribution in [-0.4, -0.2) is 39.1 Å². The number of aryl methyl sites for hydroxylation is 1. The molecular weight excluding hydrogens is 276 g/mol. The molecule has 1 atom stereocenters. The van der Waals surface area contributed by atoms with Gasteiger partial charge in [0.25, 0.3) is 5.91 Å². The number of nitrogens with one attached hydrogen (secondary N) is 1. The van der Waals surface area contributed by atoms with E-state index in [1.54, 1.807) is 6.07 Å². The molecule has 1 aliphatic rings. The Bertz CT molecular complexity index is 606. The Morgan fingerprint density at radius 1 is 1.45 bits per heavy atom. The van der Waals surface area contributed by atoms with Gasteiger partial charge in [-0.25, -0.2) is 4.98 Å². The topological polar surface area (TPSA) is 61.9 Å². The summed E-state index contributed by atoms with van der Waals surface area (Å²) in [5, 5.41) is 7.33. The molecular formula is C14H15ClN4O. The van der Waals surface area contributed by atoms with Crippen LogP contribution in [0, 0.1) is 6.92 Å². The minimum absolute atomic E-state index is 0.0256. The average Bonchev–Trinajstić information content (AvgIpc) is 3.07. The Hall–Kier alpha value is -1.88. The summed E-state index contributed by atoms with van der Waals surface area (Å²) >= 11 is 6.02. The van der Waals surface area contributed by atoms with E-state index in [9.17, 15) is 4.79 Å². The highest BCUT2D eigenvalue weighted by Crippen LogP contribution is 2.26. The van der Waals surface area contributed by atoms with E-state index >= 15 is 0 Å². The number of H-pyrrole nitrogens is 1. The number of aromatic amines is 1. The fourth-order valence-corrected chi connectivity index (χ4v) is 2.91. The fraction of sp³-hybridized carbons (Fsp3) is 0.357. The van der Waals surface area contributed by atoms with Gasteiger partial charge < -0.3 is 4.90 Å². The number of rotatable bonds is 2. The summed E-state index contributed by atoms with van der Waals surface area (Å²) in [6.45, 7) is 3.33. The molecule has 3 rings (SSSR count). The quantitative estimate of drug-likeness (QED) is 0.924. The predicted molar refractivity (Wildman–Crippen MR) is 75.8 cm³/mol. The lowest BCUT2D eigenvalue weighted by Crippen LogP contribution is -2.28. The first kappa shape index (κ1) is 13.1. The zero-order chi connectivity index (χ0) is 14.1. The number of carbonyl (C=O) groups excluding carboxylic acids is 1. The molecule has 0 saturated carbocycles. The van der Waals surface area contributed by atoms with E-state index in [0.717, 1.165) is 24.4 Å². The summed E-state index contributed by atoms with van der Waals surface area (Å²) in [5.74, 6) is 1.11. The van der Waals surface area contributed by atoms with E-state index < -0.39 is 0 Å². The number of carbonyl (C=O) groups is 1. The molecule has 2 aromatic rings. The van der Waals surface area contributed by atoms with Crippen molar-refractivity contribution >= 4 is 17.5 Å². The molecule has 1 aromatic carbocycles. The lowest BCUT2D eigenvalue weighted by molar-refractivity contribution is 0.0790. The number of likely N-dealkylation sites (tertiary alicyclic amines) is 1. The second-order valence-electron chi connectivity index (χ2n) is 5.12. The summed E-state index contributed by atoms with van der Waals surface area (Å²) in [4.78, 5) is 18.5. The molecule has 6 heteroatoms. The van der Waals surface area contributed by atoms with Crippen LogP contribution in [0.1, 0.15) is 34.1 Å². The lowest BCUT2D eigenvalue weighted by atomic mass is 10.1. The molecule has 1 saturated heterocycles. The van der Waals surface area contributed by atoms with Crippen LogP contribution in [0.25, 0.3) is 0 Å². The molecule has 0 bridgehead atoms. The van der Waals surface area contributed by atoms with E-state index in [1.807, 2.05) is 24.0 Å². The van der Waals surface area contributed by atoms with Crippen molar-refractivity contribution in [3.05, 3.63) is 46.5 Å². The van der Waals surface area contributed by atoms with Crippen molar-refractivity contribution in [2.75, 3.05) is 13.1 Å². The van der Waals surface area contributed by atoms with Gasteiger partial charge in [-0.3, -0.25) is 9.89 Å². The average molecular weight is 291 g/mol. The molecule has 1 unspecified atom stereocenters. The summed E-state index contributed by atoms with van der Waals surface area (Å²) in [6.07, 6.45) is 2.40. The van der Waals surface area contributed by atoms with Crippen molar-refractivity contribution in [1.29, 1.82) is 0 Å². The van der Waals surface area contributed by atoms with Crippen LogP contribution in [-0.2, 0) is 0 Å². The van der Waals surface area contributed by atoms with Gasteiger partial charge in [0.15, 0.2) is 0 Å². The number of hydrogen-bond donors (Lipinski definition) is 1. The zero-order valence-corrected chi connectivity index (χ0v) is 11.9. The summed E-state index contributed by atoms with van der Waals surface area (Å²) in [6, 6.07) is 5.44. The van der Waals surface area contributed by atoms with E-state index in [1.165, 1.54) is 6.33 Å². The van der Waals surface area contributed by atoms with Crippen LogP contribution in [0.4, 0.5) is 0 Å². The molecule has 0 radical (unpaired) electrons. The summed E-state index contributed by atoms with van der Waals surface area (Å²) in [5.41, 5.74) is 1.64. The third kappa shape index (κ3) is 2.54. The maximum Gasteiger partial charge on any atom is 0.253 e. The Balaban J connectivity index is 1.75. The monoisotopic (exact) mass is 290 g/mol. The van der Waals surface area contributed by atoms with Crippen LogP contribution in [0.15, 0.2) is 24.5 Å². The molecule has 1 aromatic heterocycles. The van der Waals surface area contributed by atoms with Crippen molar-refractivity contribution in [2.24, 2.45) is 0 Å². The second-order valence-corrected chi connectivity index (χ2v) is 5.56. The molecule has 0 aliphatic carbocycles. The number of nitrogens with zero attached hydrogens (tertiary/aromatic N) is 3. The highest BCUT2D eigenvalue weighted by molar-refractivity contribution is 6.31. The SMILES string of the molecule is Cc1cc(Cl)cc(C(=O)N2CCC(c3ncn[nH]3)C2)c1. The molecule has 5 nitrogen and oxygen atoms in total. The first-order valence-electron chi connectivity index (χ1n) is 6.55. The van der Waals surface area contributed by atoms with Crippen LogP contribution < -0.4 is 0 Å². The standard InChI is InChI=1S/C14H15ClN4O/c1-9-4-11(6-12(15)5-9)14(20)19-3-2-10(7-19)13-16-8-17-18-13/h4-6,8,10H,2-3,7H2,1H3,(H,16,17,18). The second kappa shape index (κ2) is 5.25. The predicted octanol–water partition coefficient (Wildman–Crippen LogP) is 2.40. The lowest BCUT2D eigenvalue weighted by Gasteiger charge is -2.16. The third-order valence-corrected chi connectivity index (χ3v) is 3.80. The van der Waals surface area contributed by atoms with Crippen LogP contribution in [0.2, 0.25) is 5.02 Å². The summed E-state index contributed by atoms with van der Waals surface area (Å²) in [7, 11) is 0. The number of amides is 1. The maximum absolute atomic E-state index is 12.5. The molecule has 0 spiro atoms. The molecule has 1 aliphatic heterocycles. The van der Waals surface area contributed by atoms with Crippen molar-refractivity contribution in [3.8, 4) is 0 Å². The summed E-state index contributed by atoms with van der Waals surface area (Å²) < 4.78 is 0. The number of halogens is 1. The Morgan fingerprint density at radius 2 is 2.30 bits per heavy atom. The van der Waals surface area contributed by atoms with Crippen LogP contribution in [0.5, 0.6) is 0 Å². The highest BCUT2D eigenvalue weighted by atomic mass is 35.5. The fourth-order valence-electron chi connectivity index (χ4n) is 2.62. The van der Waals surface area contributed by atoms with Crippen LogP contribution in [0.3, 0.4) is 0 Å². The van der Waals surface area contributed by atoms with Crippen molar-refractivity contribution in [2.45, 2.75) is 19.3 Å². The van der Waals surface area contributed by atoms with E-state index in [-0.39, 0.29) is 11.8 Å². The number of hydrogen-bond acceptors (Lipinski definition) is 3. The van der Waals surface area contributed by atoms with Gasteiger partial charge in [0, 0.05) is 29.6 Å². The Morgan fingerprint density at radius 3 is 3.00 bits per heavy atom. The molecule has 104 valence electrons. The van der Waals surface area contributed by atoms with E-state index in [2.05, 4.69) is 15.2 Å². The minimum Gasteiger partial charge on any atom is -0.338 e. The highest BCUT2D eigenvalue weighted by Gasteiger charge is 2.29. The Kier molecular flexibility index (Phi) is 3.44. The van der Waals surface area contributed by atoms with Crippen molar-refractivity contribution in [3.63, 3.8) is 0 Å². The van der Waals surface area contributed by atoms with Gasteiger partial charge in [-0.15, -0.1) is 0 Å². The molecule has 2 heterocycles. The van der Waals surface area contributed by atoms with E-state index in [0.29, 0.717) is 17.1 Å². The van der Waals surface area contributed by atoms with Crippen LogP contribution >= 0.6 is 11.6 Å². The minimum atomic E-state index is 0.0256. The third-order valence-electron chi connectivity index (χ3n) is 3.58. The molecule has 1 amide bonds. The number of aromatic nitrogens is 3. The first-order chi connectivity index (χ1) is 9.63. The van der Waals surface area contributed by atoms with Gasteiger partial charge >= 0.3 is 0 Å². The molecule has 1 fully saturated rings. The maximum atomic E-state index is 12.5. The van der Waals surface area contributed by atoms with Crippen molar-refractivity contribution < 1.29 is 4.79 Å². The number of benzene rings is 1. The van der Waals surface area contributed by atoms with Crippen molar-refractivity contribution in [1.82, 2.24) is 20.1 Å².